The molecule has 110 valence electrons. The van der Waals surface area contributed by atoms with Crippen LogP contribution >= 0.6 is 22.6 Å². The van der Waals surface area contributed by atoms with Gasteiger partial charge in [0.15, 0.2) is 0 Å². The first kappa shape index (κ1) is 15.7. The smallest absolute Gasteiger partial charge is 0.336 e. The number of carboxylic acids is 1. The molecule has 0 spiro atoms. The fourth-order valence-electron chi connectivity index (χ4n) is 2.33. The predicted molar refractivity (Wildman–Crippen MR) is 83.3 cm³/mol. The molecule has 1 atom stereocenters. The van der Waals surface area contributed by atoms with E-state index in [2.05, 4.69) is 0 Å². The zero-order valence-electron chi connectivity index (χ0n) is 11.0. The lowest BCUT2D eigenvalue weighted by atomic mass is 10.1. The minimum absolute atomic E-state index is 0.0258. The van der Waals surface area contributed by atoms with Crippen LogP contribution in [0.5, 0.6) is 0 Å². The summed E-state index contributed by atoms with van der Waals surface area (Å²) < 4.78 is 27.0. The first-order valence-electron chi connectivity index (χ1n) is 6.39. The summed E-state index contributed by atoms with van der Waals surface area (Å²) in [6.07, 6.45) is 1.82. The third-order valence-corrected chi connectivity index (χ3v) is 6.43. The lowest BCUT2D eigenvalue weighted by molar-refractivity contribution is 0.0695. The van der Waals surface area contributed by atoms with Crippen molar-refractivity contribution in [2.75, 3.05) is 13.1 Å². The second-order valence-electron chi connectivity index (χ2n) is 4.87. The normalized spacial score (nSPS) is 20.2. The number of rotatable bonds is 4. The molecule has 1 heterocycles. The molecular formula is C13H16INO4S. The maximum atomic E-state index is 12.5. The maximum Gasteiger partial charge on any atom is 0.336 e. The summed E-state index contributed by atoms with van der Waals surface area (Å²) in [4.78, 5) is 11.2. The van der Waals surface area contributed by atoms with Gasteiger partial charge in [0.25, 0.3) is 0 Å². The van der Waals surface area contributed by atoms with Gasteiger partial charge in [0.2, 0.25) is 10.0 Å². The molecule has 0 amide bonds. The third kappa shape index (κ3) is 2.99. The highest BCUT2D eigenvalue weighted by atomic mass is 127. The number of sulfonamides is 1. The summed E-state index contributed by atoms with van der Waals surface area (Å²) in [5.41, 5.74) is 0.0258. The van der Waals surface area contributed by atoms with Gasteiger partial charge in [-0.05, 0) is 53.1 Å². The molecule has 1 saturated heterocycles. The molecular weight excluding hydrogens is 393 g/mol. The van der Waals surface area contributed by atoms with Gasteiger partial charge >= 0.3 is 5.97 Å². The van der Waals surface area contributed by atoms with Crippen LogP contribution in [0.3, 0.4) is 0 Å². The Morgan fingerprint density at radius 3 is 2.75 bits per heavy atom. The molecule has 20 heavy (non-hydrogen) atoms. The predicted octanol–water partition coefficient (Wildman–Crippen LogP) is 2.41. The van der Waals surface area contributed by atoms with Crippen LogP contribution in [0.25, 0.3) is 0 Å². The number of nitrogens with zero attached hydrogens (tertiary/aromatic N) is 1. The van der Waals surface area contributed by atoms with Crippen molar-refractivity contribution in [3.63, 3.8) is 0 Å². The fourth-order valence-corrected chi connectivity index (χ4v) is 4.45. The van der Waals surface area contributed by atoms with Crippen LogP contribution in [-0.4, -0.2) is 36.9 Å². The highest BCUT2D eigenvalue weighted by Gasteiger charge is 2.32. The topological polar surface area (TPSA) is 74.7 Å². The Labute approximate surface area is 132 Å². The van der Waals surface area contributed by atoms with Gasteiger partial charge in [0.1, 0.15) is 0 Å². The Bertz CT molecular complexity index is 629. The number of carboxylic acid groups (broad SMARTS) is 1. The summed E-state index contributed by atoms with van der Waals surface area (Å²) in [6.45, 7) is 3.08. The Hall–Kier alpha value is -0.670. The highest BCUT2D eigenvalue weighted by Crippen LogP contribution is 2.27. The lowest BCUT2D eigenvalue weighted by Crippen LogP contribution is -2.29. The zero-order valence-corrected chi connectivity index (χ0v) is 14.0. The second kappa shape index (κ2) is 5.98. The summed E-state index contributed by atoms with van der Waals surface area (Å²) in [6, 6.07) is 4.26. The first-order valence-corrected chi connectivity index (χ1v) is 8.91. The van der Waals surface area contributed by atoms with Crippen molar-refractivity contribution in [1.82, 2.24) is 4.31 Å². The van der Waals surface area contributed by atoms with E-state index in [1.807, 2.05) is 29.5 Å². The minimum atomic E-state index is -3.59. The molecule has 1 aliphatic heterocycles. The van der Waals surface area contributed by atoms with E-state index < -0.39 is 16.0 Å². The highest BCUT2D eigenvalue weighted by molar-refractivity contribution is 14.1. The Balaban J connectivity index is 2.35. The quantitative estimate of drug-likeness (QED) is 0.776. The van der Waals surface area contributed by atoms with Crippen molar-refractivity contribution in [2.45, 2.75) is 24.7 Å². The molecule has 0 saturated carbocycles. The van der Waals surface area contributed by atoms with Crippen molar-refractivity contribution in [3.05, 3.63) is 27.3 Å². The Kier molecular flexibility index (Phi) is 4.70. The van der Waals surface area contributed by atoms with Crippen molar-refractivity contribution in [3.8, 4) is 0 Å². The lowest BCUT2D eigenvalue weighted by Gasteiger charge is -2.17. The molecule has 1 N–H and O–H groups in total. The number of hydrogen-bond donors (Lipinski definition) is 1. The third-order valence-electron chi connectivity index (χ3n) is 3.63. The average molecular weight is 409 g/mol. The maximum absolute atomic E-state index is 12.5. The first-order chi connectivity index (χ1) is 9.36. The fraction of sp³-hybridized carbons (Fsp3) is 0.462. The van der Waals surface area contributed by atoms with Crippen LogP contribution in [0.2, 0.25) is 0 Å². The molecule has 1 aromatic rings. The van der Waals surface area contributed by atoms with Crippen molar-refractivity contribution < 1.29 is 18.3 Å². The van der Waals surface area contributed by atoms with Gasteiger partial charge < -0.3 is 5.11 Å². The van der Waals surface area contributed by atoms with Crippen molar-refractivity contribution in [1.29, 1.82) is 0 Å². The van der Waals surface area contributed by atoms with E-state index in [0.717, 1.165) is 12.8 Å². The van der Waals surface area contributed by atoms with E-state index in [-0.39, 0.29) is 10.5 Å². The number of carbonyl (C=O) groups is 1. The van der Waals surface area contributed by atoms with Crippen molar-refractivity contribution in [2.24, 2.45) is 5.92 Å². The van der Waals surface area contributed by atoms with E-state index >= 15 is 0 Å². The van der Waals surface area contributed by atoms with Gasteiger partial charge in [0.05, 0.1) is 10.5 Å². The van der Waals surface area contributed by atoms with Gasteiger partial charge in [-0.2, -0.15) is 4.31 Å². The molecule has 0 bridgehead atoms. The Morgan fingerprint density at radius 1 is 1.50 bits per heavy atom. The van der Waals surface area contributed by atoms with Gasteiger partial charge in [0, 0.05) is 16.7 Å². The molecule has 1 fully saturated rings. The molecule has 2 rings (SSSR count). The molecule has 7 heteroatoms. The van der Waals surface area contributed by atoms with E-state index in [4.69, 9.17) is 5.11 Å². The van der Waals surface area contributed by atoms with Gasteiger partial charge in [-0.3, -0.25) is 0 Å². The largest absolute Gasteiger partial charge is 0.478 e. The molecule has 5 nitrogen and oxygen atoms in total. The van der Waals surface area contributed by atoms with Crippen LogP contribution in [0, 0.1) is 9.49 Å². The Morgan fingerprint density at radius 2 is 2.20 bits per heavy atom. The summed E-state index contributed by atoms with van der Waals surface area (Å²) in [7, 11) is -3.59. The summed E-state index contributed by atoms with van der Waals surface area (Å²) in [5.74, 6) is -0.716. The summed E-state index contributed by atoms with van der Waals surface area (Å²) >= 11 is 1.89. The van der Waals surface area contributed by atoms with Crippen LogP contribution in [-0.2, 0) is 10.0 Å². The SMILES string of the molecule is CCC1CCN(S(=O)(=O)c2ccc(I)c(C(=O)O)c2)C1. The number of aromatic carboxylic acids is 1. The van der Waals surface area contributed by atoms with Crippen molar-refractivity contribution >= 4 is 38.6 Å². The number of hydrogen-bond acceptors (Lipinski definition) is 3. The minimum Gasteiger partial charge on any atom is -0.478 e. The van der Waals surface area contributed by atoms with Crippen LogP contribution in [0.4, 0.5) is 0 Å². The van der Waals surface area contributed by atoms with Crippen LogP contribution < -0.4 is 0 Å². The van der Waals surface area contributed by atoms with E-state index in [9.17, 15) is 13.2 Å². The number of halogens is 1. The summed E-state index contributed by atoms with van der Waals surface area (Å²) in [5, 5.41) is 9.09. The van der Waals surface area contributed by atoms with Crippen LogP contribution in [0.1, 0.15) is 30.1 Å². The van der Waals surface area contributed by atoms with E-state index in [1.54, 1.807) is 0 Å². The standard InChI is InChI=1S/C13H16INO4S/c1-2-9-5-6-15(8-9)20(18,19)10-3-4-12(14)11(7-10)13(16)17/h3-4,7,9H,2,5-6,8H2,1H3,(H,16,17). The number of benzene rings is 1. The molecule has 0 aromatic heterocycles. The average Bonchev–Trinajstić information content (AvgIpc) is 2.88. The zero-order chi connectivity index (χ0) is 14.9. The monoisotopic (exact) mass is 409 g/mol. The van der Waals surface area contributed by atoms with Gasteiger partial charge in [-0.25, -0.2) is 13.2 Å². The van der Waals surface area contributed by atoms with E-state index in [1.165, 1.54) is 22.5 Å². The molecule has 0 aliphatic carbocycles. The van der Waals surface area contributed by atoms with Gasteiger partial charge in [-0.1, -0.05) is 13.3 Å². The van der Waals surface area contributed by atoms with E-state index in [0.29, 0.717) is 22.6 Å². The molecule has 0 radical (unpaired) electrons. The van der Waals surface area contributed by atoms with Gasteiger partial charge in [-0.15, -0.1) is 0 Å². The molecule has 1 aromatic carbocycles. The molecule has 1 aliphatic rings. The van der Waals surface area contributed by atoms with Crippen LogP contribution in [0.15, 0.2) is 23.1 Å². The molecule has 1 unspecified atom stereocenters. The second-order valence-corrected chi connectivity index (χ2v) is 7.97.